The van der Waals surface area contributed by atoms with Crippen LogP contribution < -0.4 is 5.32 Å². The molecule has 1 fully saturated rings. The van der Waals surface area contributed by atoms with Crippen molar-refractivity contribution in [2.24, 2.45) is 0 Å². The lowest BCUT2D eigenvalue weighted by molar-refractivity contribution is 0.0703. The van der Waals surface area contributed by atoms with Crippen LogP contribution in [0.4, 0.5) is 4.39 Å². The molecule has 1 aliphatic rings. The van der Waals surface area contributed by atoms with Crippen molar-refractivity contribution in [3.8, 4) is 0 Å². The van der Waals surface area contributed by atoms with Gasteiger partial charge in [-0.1, -0.05) is 17.7 Å². The molecule has 1 aliphatic heterocycles. The molecule has 1 heterocycles. The summed E-state index contributed by atoms with van der Waals surface area (Å²) in [4.78, 5) is 13.8. The molecule has 1 aromatic carbocycles. The molecule has 3 nitrogen and oxygen atoms in total. The van der Waals surface area contributed by atoms with Crippen LogP contribution in [0.2, 0.25) is 5.02 Å². The fourth-order valence-electron chi connectivity index (χ4n) is 2.19. The van der Waals surface area contributed by atoms with E-state index in [-0.39, 0.29) is 22.5 Å². The monoisotopic (exact) mass is 270 g/mol. The van der Waals surface area contributed by atoms with Gasteiger partial charge in [0, 0.05) is 19.6 Å². The Hall–Kier alpha value is -1.13. The maximum atomic E-state index is 13.8. The van der Waals surface area contributed by atoms with Crippen LogP contribution in [0.5, 0.6) is 0 Å². The molecular weight excluding hydrogens is 255 g/mol. The normalized spacial score (nSPS) is 19.6. The molecule has 1 aromatic rings. The van der Waals surface area contributed by atoms with Gasteiger partial charge in [0.05, 0.1) is 10.6 Å². The highest BCUT2D eigenvalue weighted by Crippen LogP contribution is 2.20. The van der Waals surface area contributed by atoms with Crippen LogP contribution in [0.1, 0.15) is 23.2 Å². The molecule has 0 spiro atoms. The van der Waals surface area contributed by atoms with Gasteiger partial charge in [-0.2, -0.15) is 0 Å². The van der Waals surface area contributed by atoms with E-state index in [0.717, 1.165) is 25.9 Å². The fraction of sp³-hybridized carbons (Fsp3) is 0.462. The predicted molar refractivity (Wildman–Crippen MR) is 69.4 cm³/mol. The van der Waals surface area contributed by atoms with Crippen molar-refractivity contribution >= 4 is 17.5 Å². The molecule has 2 rings (SSSR count). The molecular formula is C13H16ClFN2O. The molecule has 0 radical (unpaired) electrons. The number of amides is 1. The Morgan fingerprint density at radius 3 is 3.00 bits per heavy atom. The Morgan fingerprint density at radius 2 is 2.33 bits per heavy atom. The first-order valence-electron chi connectivity index (χ1n) is 6.03. The first-order valence-corrected chi connectivity index (χ1v) is 6.41. The fourth-order valence-corrected chi connectivity index (χ4v) is 2.36. The summed E-state index contributed by atoms with van der Waals surface area (Å²) in [6.45, 7) is 1.73. The van der Waals surface area contributed by atoms with Crippen LogP contribution in [0.15, 0.2) is 18.2 Å². The van der Waals surface area contributed by atoms with Gasteiger partial charge in [0.1, 0.15) is 0 Å². The lowest BCUT2D eigenvalue weighted by atomic mass is 10.1. The van der Waals surface area contributed by atoms with Crippen LogP contribution in [-0.2, 0) is 0 Å². The smallest absolute Gasteiger partial charge is 0.256 e. The van der Waals surface area contributed by atoms with E-state index in [1.165, 1.54) is 12.1 Å². The van der Waals surface area contributed by atoms with Crippen molar-refractivity contribution in [1.29, 1.82) is 0 Å². The van der Waals surface area contributed by atoms with Crippen LogP contribution in [0.25, 0.3) is 0 Å². The number of carbonyl (C=O) groups excluding carboxylic acids is 1. The molecule has 1 N–H and O–H groups in total. The van der Waals surface area contributed by atoms with Crippen molar-refractivity contribution in [1.82, 2.24) is 10.2 Å². The first kappa shape index (κ1) is 13.3. The molecule has 1 saturated heterocycles. The summed E-state index contributed by atoms with van der Waals surface area (Å²) in [6.07, 6.45) is 1.97. The summed E-state index contributed by atoms with van der Waals surface area (Å²) in [5.41, 5.74) is 0.0376. The minimum atomic E-state index is -0.639. The topological polar surface area (TPSA) is 32.3 Å². The molecule has 1 unspecified atom stereocenters. The van der Waals surface area contributed by atoms with Crippen LogP contribution in [0, 0.1) is 5.82 Å². The number of benzene rings is 1. The number of hydrogen-bond donors (Lipinski definition) is 1. The second-order valence-electron chi connectivity index (χ2n) is 4.52. The SMILES string of the molecule is CN(C(=O)c1cccc(Cl)c1F)C1CCCNC1. The lowest BCUT2D eigenvalue weighted by Crippen LogP contribution is -2.46. The summed E-state index contributed by atoms with van der Waals surface area (Å²) in [5.74, 6) is -0.955. The molecule has 0 aromatic heterocycles. The summed E-state index contributed by atoms with van der Waals surface area (Å²) in [6, 6.07) is 4.61. The quantitative estimate of drug-likeness (QED) is 0.894. The van der Waals surface area contributed by atoms with Crippen molar-refractivity contribution < 1.29 is 9.18 Å². The van der Waals surface area contributed by atoms with E-state index in [9.17, 15) is 9.18 Å². The zero-order valence-corrected chi connectivity index (χ0v) is 11.0. The average Bonchev–Trinajstić information content (AvgIpc) is 2.41. The first-order chi connectivity index (χ1) is 8.61. The third-order valence-corrected chi connectivity index (χ3v) is 3.61. The molecule has 1 amide bonds. The van der Waals surface area contributed by atoms with E-state index in [2.05, 4.69) is 5.32 Å². The van der Waals surface area contributed by atoms with E-state index >= 15 is 0 Å². The van der Waals surface area contributed by atoms with Gasteiger partial charge < -0.3 is 10.2 Å². The van der Waals surface area contributed by atoms with E-state index in [1.54, 1.807) is 18.0 Å². The van der Waals surface area contributed by atoms with Gasteiger partial charge in [0.25, 0.3) is 5.91 Å². The standard InChI is InChI=1S/C13H16ClFN2O/c1-17(9-4-3-7-16-8-9)13(18)10-5-2-6-11(14)12(10)15/h2,5-6,9,16H,3-4,7-8H2,1H3. The summed E-state index contributed by atoms with van der Waals surface area (Å²) < 4.78 is 13.8. The number of rotatable bonds is 2. The number of nitrogens with zero attached hydrogens (tertiary/aromatic N) is 1. The third-order valence-electron chi connectivity index (χ3n) is 3.32. The number of piperidine rings is 1. The van der Waals surface area contributed by atoms with Gasteiger partial charge in [0.15, 0.2) is 5.82 Å². The third kappa shape index (κ3) is 2.65. The molecule has 1 atom stereocenters. The molecule has 0 bridgehead atoms. The maximum absolute atomic E-state index is 13.8. The number of likely N-dealkylation sites (N-methyl/N-ethyl adjacent to an activating group) is 1. The Bertz CT molecular complexity index is 447. The Labute approximate surface area is 111 Å². The summed E-state index contributed by atoms with van der Waals surface area (Å²) >= 11 is 5.69. The van der Waals surface area contributed by atoms with Crippen LogP contribution in [-0.4, -0.2) is 37.0 Å². The van der Waals surface area contributed by atoms with E-state index < -0.39 is 5.82 Å². The van der Waals surface area contributed by atoms with Gasteiger partial charge in [-0.15, -0.1) is 0 Å². The highest BCUT2D eigenvalue weighted by molar-refractivity contribution is 6.31. The van der Waals surface area contributed by atoms with Gasteiger partial charge in [-0.05, 0) is 31.5 Å². The zero-order chi connectivity index (χ0) is 13.1. The second kappa shape index (κ2) is 5.67. The van der Waals surface area contributed by atoms with Crippen molar-refractivity contribution in [3.63, 3.8) is 0 Å². The Morgan fingerprint density at radius 1 is 1.56 bits per heavy atom. The molecule has 18 heavy (non-hydrogen) atoms. The molecule has 0 aliphatic carbocycles. The Balaban J connectivity index is 2.17. The van der Waals surface area contributed by atoms with E-state index in [0.29, 0.717) is 0 Å². The van der Waals surface area contributed by atoms with E-state index in [1.807, 2.05) is 0 Å². The lowest BCUT2D eigenvalue weighted by Gasteiger charge is -2.31. The number of hydrogen-bond acceptors (Lipinski definition) is 2. The summed E-state index contributed by atoms with van der Waals surface area (Å²) in [7, 11) is 1.71. The highest BCUT2D eigenvalue weighted by Gasteiger charge is 2.25. The number of carbonyl (C=O) groups is 1. The summed E-state index contributed by atoms with van der Waals surface area (Å²) in [5, 5.41) is 3.22. The van der Waals surface area contributed by atoms with Gasteiger partial charge in [-0.3, -0.25) is 4.79 Å². The minimum absolute atomic E-state index is 0.0176. The average molecular weight is 271 g/mol. The van der Waals surface area contributed by atoms with Crippen molar-refractivity contribution in [2.45, 2.75) is 18.9 Å². The maximum Gasteiger partial charge on any atom is 0.256 e. The van der Waals surface area contributed by atoms with Gasteiger partial charge in [-0.25, -0.2) is 4.39 Å². The van der Waals surface area contributed by atoms with Gasteiger partial charge >= 0.3 is 0 Å². The van der Waals surface area contributed by atoms with Gasteiger partial charge in [0.2, 0.25) is 0 Å². The van der Waals surface area contributed by atoms with Crippen LogP contribution >= 0.6 is 11.6 Å². The molecule has 0 saturated carbocycles. The minimum Gasteiger partial charge on any atom is -0.337 e. The highest BCUT2D eigenvalue weighted by atomic mass is 35.5. The van der Waals surface area contributed by atoms with Crippen molar-refractivity contribution in [2.75, 3.05) is 20.1 Å². The van der Waals surface area contributed by atoms with Crippen molar-refractivity contribution in [3.05, 3.63) is 34.6 Å². The zero-order valence-electron chi connectivity index (χ0n) is 10.2. The Kier molecular flexibility index (Phi) is 4.19. The second-order valence-corrected chi connectivity index (χ2v) is 4.92. The van der Waals surface area contributed by atoms with Crippen LogP contribution in [0.3, 0.4) is 0 Å². The molecule has 5 heteroatoms. The largest absolute Gasteiger partial charge is 0.337 e. The number of nitrogens with one attached hydrogen (secondary N) is 1. The predicted octanol–water partition coefficient (Wildman–Crippen LogP) is 2.30. The molecule has 98 valence electrons. The van der Waals surface area contributed by atoms with E-state index in [4.69, 9.17) is 11.6 Å². The number of halogens is 2.